The molecule has 3 amide bonds. The fourth-order valence-electron chi connectivity index (χ4n) is 0.820. The molecule has 8 N–H and O–H groups in total. The van der Waals surface area contributed by atoms with Gasteiger partial charge < -0.3 is 27.4 Å². The van der Waals surface area contributed by atoms with E-state index in [-0.39, 0.29) is 0 Å². The predicted molar refractivity (Wildman–Crippen MR) is 43.2 cm³/mol. The molecule has 8 nitrogen and oxygen atoms in total. The summed E-state index contributed by atoms with van der Waals surface area (Å²) in [6.45, 7) is 0. The van der Waals surface area contributed by atoms with Crippen molar-refractivity contribution in [2.75, 3.05) is 0 Å². The van der Waals surface area contributed by atoms with E-state index in [2.05, 4.69) is 11.5 Å². The molecule has 0 saturated heterocycles. The molecular formula is C6H11N3O5. The Morgan fingerprint density at radius 1 is 1.21 bits per heavy atom. The van der Waals surface area contributed by atoms with Crippen LogP contribution in [0.1, 0.15) is 6.42 Å². The van der Waals surface area contributed by atoms with Gasteiger partial charge in [-0.05, 0) is 0 Å². The van der Waals surface area contributed by atoms with E-state index >= 15 is 0 Å². The second kappa shape index (κ2) is 4.03. The number of nitrogens with two attached hydrogens (primary N) is 3. The van der Waals surface area contributed by atoms with E-state index in [1.54, 1.807) is 0 Å². The highest BCUT2D eigenvalue weighted by Crippen LogP contribution is 2.14. The Hall–Kier alpha value is -1.67. The van der Waals surface area contributed by atoms with E-state index in [9.17, 15) is 19.5 Å². The van der Waals surface area contributed by atoms with E-state index in [1.165, 1.54) is 0 Å². The molecule has 0 aromatic heterocycles. The number of hydrogen-bond donors (Lipinski definition) is 5. The molecule has 0 bridgehead atoms. The predicted octanol–water partition coefficient (Wildman–Crippen LogP) is -4.08. The van der Waals surface area contributed by atoms with Gasteiger partial charge in [0.1, 0.15) is 0 Å². The highest BCUT2D eigenvalue weighted by Gasteiger charge is 2.46. The van der Waals surface area contributed by atoms with Gasteiger partial charge in [0.2, 0.25) is 11.8 Å². The number of carbonyl (C=O) groups excluding carboxylic acids is 3. The van der Waals surface area contributed by atoms with Crippen molar-refractivity contribution in [1.82, 2.24) is 0 Å². The van der Waals surface area contributed by atoms with Crippen molar-refractivity contribution >= 4 is 17.7 Å². The molecule has 0 aliphatic heterocycles. The number of carbonyl (C=O) groups is 3. The zero-order valence-electron chi connectivity index (χ0n) is 7.14. The summed E-state index contributed by atoms with van der Waals surface area (Å²) < 4.78 is 0. The van der Waals surface area contributed by atoms with Crippen molar-refractivity contribution in [3.05, 3.63) is 0 Å². The number of amides is 3. The first kappa shape index (κ1) is 12.3. The molecule has 0 saturated carbocycles. The van der Waals surface area contributed by atoms with Gasteiger partial charge >= 0.3 is 0 Å². The Labute approximate surface area is 78.7 Å². The summed E-state index contributed by atoms with van der Waals surface area (Å²) in [6.07, 6.45) is -3.25. The van der Waals surface area contributed by atoms with Crippen LogP contribution in [-0.4, -0.2) is 39.6 Å². The largest absolute Gasteiger partial charge is 0.380 e. The molecule has 2 unspecified atom stereocenters. The van der Waals surface area contributed by atoms with Crippen LogP contribution < -0.4 is 17.2 Å². The summed E-state index contributed by atoms with van der Waals surface area (Å²) in [5, 5.41) is 18.4. The van der Waals surface area contributed by atoms with Crippen molar-refractivity contribution in [3.63, 3.8) is 0 Å². The second-order valence-corrected chi connectivity index (χ2v) is 2.74. The maximum Gasteiger partial charge on any atom is 0.253 e. The molecule has 0 rings (SSSR count). The lowest BCUT2D eigenvalue weighted by molar-refractivity contribution is -0.161. The number of aliphatic hydroxyl groups is 2. The van der Waals surface area contributed by atoms with Gasteiger partial charge in [-0.1, -0.05) is 0 Å². The number of hydrogen-bond acceptors (Lipinski definition) is 5. The Bertz CT molecular complexity index is 279. The van der Waals surface area contributed by atoms with E-state index in [0.717, 1.165) is 0 Å². The van der Waals surface area contributed by atoms with Crippen LogP contribution in [0.15, 0.2) is 0 Å². The van der Waals surface area contributed by atoms with Crippen LogP contribution in [0, 0.1) is 0 Å². The van der Waals surface area contributed by atoms with Crippen LogP contribution in [0.25, 0.3) is 0 Å². The Balaban J connectivity index is 4.99. The van der Waals surface area contributed by atoms with Crippen LogP contribution >= 0.6 is 0 Å². The summed E-state index contributed by atoms with van der Waals surface area (Å²) in [5.74, 6) is -3.94. The number of aliphatic hydroxyl groups excluding tert-OH is 1. The minimum absolute atomic E-state index is 0.980. The van der Waals surface area contributed by atoms with E-state index in [0.29, 0.717) is 0 Å². The lowest BCUT2D eigenvalue weighted by Gasteiger charge is -2.26. The summed E-state index contributed by atoms with van der Waals surface area (Å²) in [6, 6.07) is 0. The van der Waals surface area contributed by atoms with E-state index in [1.807, 2.05) is 0 Å². The zero-order chi connectivity index (χ0) is 11.5. The topological polar surface area (TPSA) is 170 Å². The Kier molecular flexibility index (Phi) is 3.55. The van der Waals surface area contributed by atoms with Crippen molar-refractivity contribution in [2.24, 2.45) is 17.2 Å². The normalized spacial score (nSPS) is 16.7. The Morgan fingerprint density at radius 2 is 1.64 bits per heavy atom. The summed E-state index contributed by atoms with van der Waals surface area (Å²) >= 11 is 0. The highest BCUT2D eigenvalue weighted by atomic mass is 16.4. The van der Waals surface area contributed by atoms with Gasteiger partial charge in [0.05, 0.1) is 6.42 Å². The van der Waals surface area contributed by atoms with Crippen molar-refractivity contribution in [2.45, 2.75) is 18.1 Å². The summed E-state index contributed by atoms with van der Waals surface area (Å²) in [4.78, 5) is 31.6. The van der Waals surface area contributed by atoms with Gasteiger partial charge in [-0.2, -0.15) is 0 Å². The first-order chi connectivity index (χ1) is 6.21. The van der Waals surface area contributed by atoms with Crippen LogP contribution in [0.5, 0.6) is 0 Å². The van der Waals surface area contributed by atoms with E-state index in [4.69, 9.17) is 10.8 Å². The first-order valence-electron chi connectivity index (χ1n) is 3.49. The Morgan fingerprint density at radius 3 is 1.86 bits per heavy atom. The molecule has 14 heavy (non-hydrogen) atoms. The van der Waals surface area contributed by atoms with Gasteiger partial charge in [-0.15, -0.1) is 0 Å². The van der Waals surface area contributed by atoms with E-state index < -0.39 is 35.8 Å². The molecule has 0 aliphatic rings. The lowest BCUT2D eigenvalue weighted by Crippen LogP contribution is -2.59. The molecule has 2 atom stereocenters. The summed E-state index contributed by atoms with van der Waals surface area (Å²) in [5.41, 5.74) is 11.3. The molecule has 0 radical (unpaired) electrons. The maximum absolute atomic E-state index is 10.7. The standard InChI is InChI=1S/C6H11N3O5/c7-2(10)1-6(14,5(9)13)3(11)4(8)12/h3,11,14H,1H2,(H2,7,10)(H2,8,12)(H2,9,13). The smallest absolute Gasteiger partial charge is 0.253 e. The molecule has 0 aromatic carbocycles. The van der Waals surface area contributed by atoms with Crippen molar-refractivity contribution < 1.29 is 24.6 Å². The van der Waals surface area contributed by atoms with Gasteiger partial charge in [0.25, 0.3) is 5.91 Å². The van der Waals surface area contributed by atoms with Gasteiger partial charge in [0, 0.05) is 0 Å². The quantitative estimate of drug-likeness (QED) is 0.307. The highest BCUT2D eigenvalue weighted by molar-refractivity contribution is 5.96. The van der Waals surface area contributed by atoms with Crippen LogP contribution in [0.4, 0.5) is 0 Å². The monoisotopic (exact) mass is 205 g/mol. The van der Waals surface area contributed by atoms with Crippen molar-refractivity contribution in [1.29, 1.82) is 0 Å². The van der Waals surface area contributed by atoms with Crippen LogP contribution in [0.3, 0.4) is 0 Å². The third kappa shape index (κ3) is 2.41. The van der Waals surface area contributed by atoms with Crippen molar-refractivity contribution in [3.8, 4) is 0 Å². The minimum Gasteiger partial charge on any atom is -0.380 e. The summed E-state index contributed by atoms with van der Waals surface area (Å²) in [7, 11) is 0. The zero-order valence-corrected chi connectivity index (χ0v) is 7.14. The average molecular weight is 205 g/mol. The average Bonchev–Trinajstić information content (AvgIpc) is 2.00. The number of primary amides is 3. The van der Waals surface area contributed by atoms with Gasteiger partial charge in [-0.25, -0.2) is 0 Å². The molecule has 0 aromatic rings. The third-order valence-electron chi connectivity index (χ3n) is 1.59. The van der Waals surface area contributed by atoms with Gasteiger partial charge in [-0.3, -0.25) is 14.4 Å². The molecule has 0 fully saturated rings. The molecule has 0 aliphatic carbocycles. The molecule has 0 spiro atoms. The SMILES string of the molecule is NC(=O)CC(O)(C(N)=O)C(O)C(N)=O. The third-order valence-corrected chi connectivity index (χ3v) is 1.59. The molecule has 0 heterocycles. The van der Waals surface area contributed by atoms with Crippen LogP contribution in [0.2, 0.25) is 0 Å². The number of rotatable bonds is 5. The first-order valence-corrected chi connectivity index (χ1v) is 3.49. The fourth-order valence-corrected chi connectivity index (χ4v) is 0.820. The van der Waals surface area contributed by atoms with Crippen LogP contribution in [-0.2, 0) is 14.4 Å². The molecule has 8 heteroatoms. The molecule has 80 valence electrons. The van der Waals surface area contributed by atoms with Gasteiger partial charge in [0.15, 0.2) is 11.7 Å². The maximum atomic E-state index is 10.7. The molecular weight excluding hydrogens is 194 g/mol. The fraction of sp³-hybridized carbons (Fsp3) is 0.500. The minimum atomic E-state index is -2.75. The lowest BCUT2D eigenvalue weighted by atomic mass is 9.91. The second-order valence-electron chi connectivity index (χ2n) is 2.74.